The van der Waals surface area contributed by atoms with Crippen molar-refractivity contribution in [1.29, 1.82) is 0 Å². The van der Waals surface area contributed by atoms with Gasteiger partial charge in [-0.3, -0.25) is 9.69 Å². The number of carbonyl (C=O) groups is 1. The van der Waals surface area contributed by atoms with E-state index in [0.29, 0.717) is 5.92 Å². The van der Waals surface area contributed by atoms with Gasteiger partial charge in [-0.2, -0.15) is 0 Å². The zero-order chi connectivity index (χ0) is 25.4. The SMILES string of the molecule is CC.CC.CCCCCC(C)C(NC=O)/C(=C\NC)N(C)C(OC)N1CCCC1.CNC. The van der Waals surface area contributed by atoms with E-state index in [4.69, 9.17) is 4.74 Å². The van der Waals surface area contributed by atoms with Crippen molar-refractivity contribution in [1.82, 2.24) is 25.8 Å². The van der Waals surface area contributed by atoms with Crippen LogP contribution in [0.2, 0.25) is 0 Å². The first kappa shape index (κ1) is 35.3. The molecule has 3 N–H and O–H groups in total. The number of amides is 1. The van der Waals surface area contributed by atoms with Crippen LogP contribution in [0.3, 0.4) is 0 Å². The summed E-state index contributed by atoms with van der Waals surface area (Å²) in [5.41, 5.74) is 1.05. The molecule has 3 unspecified atom stereocenters. The van der Waals surface area contributed by atoms with Gasteiger partial charge in [0.1, 0.15) is 0 Å². The number of likely N-dealkylation sites (tertiary alicyclic amines) is 1. The Bertz CT molecular complexity index is 415. The van der Waals surface area contributed by atoms with E-state index >= 15 is 0 Å². The number of carbonyl (C=O) groups excluding carboxylic acids is 1. The molecule has 3 atom stereocenters. The van der Waals surface area contributed by atoms with Crippen molar-refractivity contribution in [2.75, 3.05) is 48.4 Å². The van der Waals surface area contributed by atoms with E-state index in [0.717, 1.165) is 31.6 Å². The fourth-order valence-corrected chi connectivity index (χ4v) is 3.70. The maximum absolute atomic E-state index is 11.3. The highest BCUT2D eigenvalue weighted by Gasteiger charge is 2.31. The minimum atomic E-state index is -0.110. The fraction of sp³-hybridized carbons (Fsp3) is 0.880. The number of ether oxygens (including phenoxy) is 1. The summed E-state index contributed by atoms with van der Waals surface area (Å²) in [5, 5.41) is 8.94. The molecule has 0 aromatic heterocycles. The van der Waals surface area contributed by atoms with E-state index in [9.17, 15) is 4.79 Å². The van der Waals surface area contributed by atoms with Gasteiger partial charge in [0.2, 0.25) is 6.41 Å². The Hall–Kier alpha value is -1.31. The predicted molar refractivity (Wildman–Crippen MR) is 140 cm³/mol. The first-order valence-corrected chi connectivity index (χ1v) is 12.7. The average Bonchev–Trinajstić information content (AvgIpc) is 3.34. The second-order valence-corrected chi connectivity index (χ2v) is 7.51. The van der Waals surface area contributed by atoms with Crippen LogP contribution < -0.4 is 16.0 Å². The minimum absolute atomic E-state index is 0.0351. The number of hydrogen-bond acceptors (Lipinski definition) is 6. The number of nitrogens with zero attached hydrogens (tertiary/aromatic N) is 2. The van der Waals surface area contributed by atoms with E-state index in [1.165, 1.54) is 32.1 Å². The standard InChI is InChI=1S/C19H38N4O2.C2H7N.2C2H6/c1-6-7-8-11-16(2)18(21-15-24)17(14-20-3)22(4)19(25-5)23-12-9-10-13-23;1-3-2;2*1-2/h14-16,18-20H,6-13H2,1-5H3,(H,21,24);3H,1-2H3;2*1-2H3/b17-14+;;;. The number of nitrogens with one attached hydrogen (secondary N) is 3. The molecule has 7 heteroatoms. The molecule has 0 aromatic carbocycles. The summed E-state index contributed by atoms with van der Waals surface area (Å²) in [7, 11) is 9.45. The molecule has 0 spiro atoms. The highest BCUT2D eigenvalue weighted by molar-refractivity contribution is 5.48. The Morgan fingerprint density at radius 3 is 2.03 bits per heavy atom. The molecule has 1 heterocycles. The number of rotatable bonds is 13. The lowest BCUT2D eigenvalue weighted by atomic mass is 9.92. The summed E-state index contributed by atoms with van der Waals surface area (Å²) in [6, 6.07) is -0.0351. The molecule has 1 amide bonds. The van der Waals surface area contributed by atoms with E-state index in [1.807, 2.05) is 62.1 Å². The number of hydrogen-bond donors (Lipinski definition) is 3. The predicted octanol–water partition coefficient (Wildman–Crippen LogP) is 4.22. The number of likely N-dealkylation sites (N-methyl/N-ethyl adjacent to an activating group) is 1. The summed E-state index contributed by atoms with van der Waals surface area (Å²) in [6.07, 6.45) is 9.83. The third kappa shape index (κ3) is 14.7. The molecule has 0 bridgehead atoms. The lowest BCUT2D eigenvalue weighted by Gasteiger charge is -2.40. The fourth-order valence-electron chi connectivity index (χ4n) is 3.70. The smallest absolute Gasteiger partial charge is 0.207 e. The molecular formula is C25H57N5O2. The van der Waals surface area contributed by atoms with Crippen molar-refractivity contribution in [3.8, 4) is 0 Å². The molecule has 194 valence electrons. The van der Waals surface area contributed by atoms with Gasteiger partial charge in [0, 0.05) is 40.5 Å². The third-order valence-corrected chi connectivity index (χ3v) is 5.09. The van der Waals surface area contributed by atoms with Gasteiger partial charge in [-0.05, 0) is 39.3 Å². The molecule has 1 aliphatic rings. The molecule has 7 nitrogen and oxygen atoms in total. The highest BCUT2D eigenvalue weighted by atomic mass is 16.5. The maximum atomic E-state index is 11.3. The van der Waals surface area contributed by atoms with Crippen LogP contribution in [0.5, 0.6) is 0 Å². The summed E-state index contributed by atoms with van der Waals surface area (Å²) < 4.78 is 5.80. The van der Waals surface area contributed by atoms with Crippen LogP contribution in [-0.2, 0) is 9.53 Å². The normalized spacial score (nSPS) is 16.0. The van der Waals surface area contributed by atoms with Gasteiger partial charge < -0.3 is 25.6 Å². The molecule has 1 rings (SSSR count). The second-order valence-electron chi connectivity index (χ2n) is 7.51. The third-order valence-electron chi connectivity index (χ3n) is 5.09. The zero-order valence-corrected chi connectivity index (χ0v) is 23.3. The Kier molecular flexibility index (Phi) is 28.6. The Morgan fingerprint density at radius 1 is 1.09 bits per heavy atom. The van der Waals surface area contributed by atoms with Gasteiger partial charge in [-0.25, -0.2) is 0 Å². The Morgan fingerprint density at radius 2 is 1.62 bits per heavy atom. The number of methoxy groups -OCH3 is 1. The first-order valence-electron chi connectivity index (χ1n) is 12.7. The largest absolute Gasteiger partial charge is 0.393 e. The summed E-state index contributed by atoms with van der Waals surface area (Å²) in [5.74, 6) is 0.356. The molecular weight excluding hydrogens is 402 g/mol. The van der Waals surface area contributed by atoms with Gasteiger partial charge in [-0.15, -0.1) is 0 Å². The Balaban J connectivity index is -0.00000108. The molecule has 0 saturated carbocycles. The van der Waals surface area contributed by atoms with Crippen molar-refractivity contribution < 1.29 is 9.53 Å². The van der Waals surface area contributed by atoms with Crippen LogP contribution in [0.25, 0.3) is 0 Å². The van der Waals surface area contributed by atoms with Crippen molar-refractivity contribution in [3.63, 3.8) is 0 Å². The highest BCUT2D eigenvalue weighted by Crippen LogP contribution is 2.24. The van der Waals surface area contributed by atoms with Gasteiger partial charge in [-0.1, -0.05) is 60.8 Å². The lowest BCUT2D eigenvalue weighted by Crippen LogP contribution is -2.51. The molecule has 0 aliphatic carbocycles. The Labute approximate surface area is 200 Å². The van der Waals surface area contributed by atoms with Crippen LogP contribution in [-0.4, -0.2) is 77.0 Å². The molecule has 1 fully saturated rings. The van der Waals surface area contributed by atoms with Crippen molar-refractivity contribution in [2.24, 2.45) is 5.92 Å². The van der Waals surface area contributed by atoms with E-state index in [1.54, 1.807) is 7.11 Å². The second kappa shape index (κ2) is 25.9. The van der Waals surface area contributed by atoms with Gasteiger partial charge in [0.25, 0.3) is 0 Å². The molecule has 0 aromatic rings. The van der Waals surface area contributed by atoms with Crippen LogP contribution in [0.15, 0.2) is 11.9 Å². The summed E-state index contributed by atoms with van der Waals surface area (Å²) in [6.45, 7) is 14.5. The number of unbranched alkanes of at least 4 members (excludes halogenated alkanes) is 2. The van der Waals surface area contributed by atoms with Gasteiger partial charge >= 0.3 is 0 Å². The lowest BCUT2D eigenvalue weighted by molar-refractivity contribution is -0.113. The molecule has 0 radical (unpaired) electrons. The van der Waals surface area contributed by atoms with Gasteiger partial charge in [0.05, 0.1) is 11.7 Å². The van der Waals surface area contributed by atoms with E-state index in [-0.39, 0.29) is 12.4 Å². The topological polar surface area (TPSA) is 68.9 Å². The monoisotopic (exact) mass is 459 g/mol. The average molecular weight is 460 g/mol. The molecule has 1 saturated heterocycles. The summed E-state index contributed by atoms with van der Waals surface area (Å²) >= 11 is 0. The minimum Gasteiger partial charge on any atom is -0.393 e. The van der Waals surface area contributed by atoms with Crippen molar-refractivity contribution in [2.45, 2.75) is 92.5 Å². The van der Waals surface area contributed by atoms with Crippen LogP contribution >= 0.6 is 0 Å². The van der Waals surface area contributed by atoms with Crippen LogP contribution in [0.1, 0.15) is 80.1 Å². The van der Waals surface area contributed by atoms with Crippen LogP contribution in [0.4, 0.5) is 0 Å². The van der Waals surface area contributed by atoms with Gasteiger partial charge in [0.15, 0.2) is 6.35 Å². The van der Waals surface area contributed by atoms with Crippen molar-refractivity contribution in [3.05, 3.63) is 11.9 Å². The maximum Gasteiger partial charge on any atom is 0.207 e. The molecule has 1 aliphatic heterocycles. The zero-order valence-electron chi connectivity index (χ0n) is 23.3. The first-order chi connectivity index (χ1) is 15.5. The van der Waals surface area contributed by atoms with E-state index < -0.39 is 0 Å². The molecule has 32 heavy (non-hydrogen) atoms. The van der Waals surface area contributed by atoms with Crippen LogP contribution in [0, 0.1) is 5.92 Å². The summed E-state index contributed by atoms with van der Waals surface area (Å²) in [4.78, 5) is 15.8. The quantitative estimate of drug-likeness (QED) is 0.218. The van der Waals surface area contributed by atoms with Crippen molar-refractivity contribution >= 4 is 6.41 Å². The van der Waals surface area contributed by atoms with E-state index in [2.05, 4.69) is 39.6 Å².